The number of carbonyl (C=O) groups is 1. The molecule has 3 rings (SSSR count). The van der Waals surface area contributed by atoms with Gasteiger partial charge in [0.15, 0.2) is 0 Å². The average molecular weight is 364 g/mol. The molecule has 2 fully saturated rings. The lowest BCUT2D eigenvalue weighted by atomic mass is 9.86. The van der Waals surface area contributed by atoms with Gasteiger partial charge in [0, 0.05) is 29.5 Å². The molecule has 1 N–H and O–H groups in total. The zero-order valence-corrected chi connectivity index (χ0v) is 13.4. The molecule has 110 valence electrons. The maximum Gasteiger partial charge on any atom is 0.258 e. The molecule has 1 spiro atoms. The minimum atomic E-state index is -0.454. The number of nitrogens with one attached hydrogen (secondary N) is 1. The number of halogens is 3. The summed E-state index contributed by atoms with van der Waals surface area (Å²) in [6, 6.07) is 4.64. The number of likely N-dealkylation sites (tertiary alicyclic amines) is 1. The fourth-order valence-electron chi connectivity index (χ4n) is 3.11. The molecule has 0 saturated carbocycles. The van der Waals surface area contributed by atoms with Crippen LogP contribution in [0.3, 0.4) is 0 Å². The Kier molecular flexibility index (Phi) is 4.72. The third-order valence-electron chi connectivity index (χ3n) is 4.23. The van der Waals surface area contributed by atoms with Crippen molar-refractivity contribution in [1.82, 2.24) is 10.2 Å². The number of amides is 1. The number of hydrogen-bond donors (Lipinski definition) is 1. The van der Waals surface area contributed by atoms with Crippen LogP contribution in [-0.4, -0.2) is 37.0 Å². The van der Waals surface area contributed by atoms with Gasteiger partial charge < -0.3 is 10.2 Å². The van der Waals surface area contributed by atoms with E-state index in [0.29, 0.717) is 4.47 Å². The smallest absolute Gasteiger partial charge is 0.258 e. The molecular weight excluding hydrogens is 347 g/mol. The maximum absolute atomic E-state index is 13.8. The van der Waals surface area contributed by atoms with E-state index >= 15 is 0 Å². The second-order valence-corrected chi connectivity index (χ2v) is 6.35. The first-order chi connectivity index (χ1) is 9.11. The molecule has 3 nitrogen and oxygen atoms in total. The van der Waals surface area contributed by atoms with Crippen LogP contribution in [0.2, 0.25) is 0 Å². The van der Waals surface area contributed by atoms with E-state index < -0.39 is 5.82 Å². The van der Waals surface area contributed by atoms with Crippen molar-refractivity contribution in [2.24, 2.45) is 5.41 Å². The van der Waals surface area contributed by atoms with Gasteiger partial charge in [-0.25, -0.2) is 4.39 Å². The molecule has 0 radical (unpaired) electrons. The number of hydrogen-bond acceptors (Lipinski definition) is 2. The summed E-state index contributed by atoms with van der Waals surface area (Å²) in [5.74, 6) is -0.654. The first-order valence-electron chi connectivity index (χ1n) is 6.55. The lowest BCUT2D eigenvalue weighted by Gasteiger charge is -2.23. The van der Waals surface area contributed by atoms with Crippen molar-refractivity contribution in [3.05, 3.63) is 34.1 Å². The lowest BCUT2D eigenvalue weighted by Crippen LogP contribution is -2.33. The Morgan fingerprint density at radius 1 is 1.40 bits per heavy atom. The Balaban J connectivity index is 0.00000147. The highest BCUT2D eigenvalue weighted by Gasteiger charge is 2.42. The van der Waals surface area contributed by atoms with Crippen LogP contribution in [0.1, 0.15) is 23.2 Å². The average Bonchev–Trinajstić information content (AvgIpc) is 3.00. The van der Waals surface area contributed by atoms with Crippen LogP contribution in [0.4, 0.5) is 4.39 Å². The molecule has 6 heteroatoms. The molecule has 2 saturated heterocycles. The summed E-state index contributed by atoms with van der Waals surface area (Å²) < 4.78 is 14.4. The van der Waals surface area contributed by atoms with Gasteiger partial charge in [-0.05, 0) is 47.4 Å². The molecule has 20 heavy (non-hydrogen) atoms. The third kappa shape index (κ3) is 2.71. The fourth-order valence-corrected chi connectivity index (χ4v) is 3.62. The molecule has 0 aromatic heterocycles. The van der Waals surface area contributed by atoms with Crippen LogP contribution < -0.4 is 5.32 Å². The quantitative estimate of drug-likeness (QED) is 0.832. The summed E-state index contributed by atoms with van der Waals surface area (Å²) >= 11 is 3.27. The standard InChI is InChI=1S/C14H16BrFN2O.ClH/c15-10-2-1-3-11(16)12(10)13(19)18-7-5-14(9-18)4-6-17-8-14;/h1-3,17H,4-9H2;1H. The SMILES string of the molecule is Cl.O=C(c1c(F)cccc1Br)N1CCC2(CCNC2)C1. The molecule has 2 heterocycles. The Hall–Kier alpha value is -0.650. The Bertz CT molecular complexity index is 500. The predicted molar refractivity (Wildman–Crippen MR) is 81.8 cm³/mol. The van der Waals surface area contributed by atoms with E-state index in [0.717, 1.165) is 39.0 Å². The summed E-state index contributed by atoms with van der Waals surface area (Å²) in [7, 11) is 0. The fraction of sp³-hybridized carbons (Fsp3) is 0.500. The molecule has 2 aliphatic heterocycles. The van der Waals surface area contributed by atoms with Crippen molar-refractivity contribution in [2.75, 3.05) is 26.2 Å². The minimum absolute atomic E-state index is 0. The molecule has 1 aromatic carbocycles. The van der Waals surface area contributed by atoms with Crippen molar-refractivity contribution in [3.8, 4) is 0 Å². The van der Waals surface area contributed by atoms with Gasteiger partial charge in [-0.15, -0.1) is 12.4 Å². The number of nitrogens with zero attached hydrogens (tertiary/aromatic N) is 1. The number of rotatable bonds is 1. The van der Waals surface area contributed by atoms with E-state index in [1.807, 2.05) is 0 Å². The van der Waals surface area contributed by atoms with Crippen molar-refractivity contribution >= 4 is 34.2 Å². The maximum atomic E-state index is 13.8. The van der Waals surface area contributed by atoms with E-state index in [-0.39, 0.29) is 29.3 Å². The minimum Gasteiger partial charge on any atom is -0.338 e. The first-order valence-corrected chi connectivity index (χ1v) is 7.35. The van der Waals surface area contributed by atoms with E-state index in [1.165, 1.54) is 6.07 Å². The van der Waals surface area contributed by atoms with Gasteiger partial charge in [0.1, 0.15) is 5.82 Å². The van der Waals surface area contributed by atoms with Gasteiger partial charge in [-0.2, -0.15) is 0 Å². The largest absolute Gasteiger partial charge is 0.338 e. The van der Waals surface area contributed by atoms with Crippen molar-refractivity contribution < 1.29 is 9.18 Å². The molecule has 0 bridgehead atoms. The van der Waals surface area contributed by atoms with E-state index in [9.17, 15) is 9.18 Å². The summed E-state index contributed by atoms with van der Waals surface area (Å²) in [6.07, 6.45) is 2.12. The predicted octanol–water partition coefficient (Wildman–Crippen LogP) is 2.84. The zero-order valence-electron chi connectivity index (χ0n) is 11.0. The van der Waals surface area contributed by atoms with Gasteiger partial charge in [-0.3, -0.25) is 4.79 Å². The molecule has 1 unspecified atom stereocenters. The van der Waals surface area contributed by atoms with Crippen LogP contribution in [0.15, 0.2) is 22.7 Å². The van der Waals surface area contributed by atoms with Gasteiger partial charge in [-0.1, -0.05) is 6.07 Å². The third-order valence-corrected chi connectivity index (χ3v) is 4.90. The molecule has 1 aromatic rings. The molecule has 2 aliphatic rings. The normalized spacial score (nSPS) is 25.0. The van der Waals surface area contributed by atoms with E-state index in [2.05, 4.69) is 21.2 Å². The second-order valence-electron chi connectivity index (χ2n) is 5.50. The topological polar surface area (TPSA) is 32.3 Å². The van der Waals surface area contributed by atoms with E-state index in [4.69, 9.17) is 0 Å². The summed E-state index contributed by atoms with van der Waals surface area (Å²) in [6.45, 7) is 3.45. The molecular formula is C14H17BrClFN2O. The van der Waals surface area contributed by atoms with Crippen LogP contribution in [0, 0.1) is 11.2 Å². The summed E-state index contributed by atoms with van der Waals surface area (Å²) in [4.78, 5) is 14.3. The van der Waals surface area contributed by atoms with Crippen molar-refractivity contribution in [1.29, 1.82) is 0 Å². The van der Waals surface area contributed by atoms with E-state index in [1.54, 1.807) is 17.0 Å². The zero-order chi connectivity index (χ0) is 13.5. The van der Waals surface area contributed by atoms with Crippen LogP contribution >= 0.6 is 28.3 Å². The Morgan fingerprint density at radius 3 is 2.85 bits per heavy atom. The monoisotopic (exact) mass is 362 g/mol. The number of carbonyl (C=O) groups excluding carboxylic acids is 1. The Morgan fingerprint density at radius 2 is 2.20 bits per heavy atom. The highest BCUT2D eigenvalue weighted by molar-refractivity contribution is 9.10. The van der Waals surface area contributed by atoms with Gasteiger partial charge in [0.25, 0.3) is 5.91 Å². The molecule has 1 amide bonds. The highest BCUT2D eigenvalue weighted by Crippen LogP contribution is 2.37. The van der Waals surface area contributed by atoms with Crippen LogP contribution in [0.5, 0.6) is 0 Å². The van der Waals surface area contributed by atoms with Crippen LogP contribution in [0.25, 0.3) is 0 Å². The van der Waals surface area contributed by atoms with Gasteiger partial charge in [0.05, 0.1) is 5.56 Å². The highest BCUT2D eigenvalue weighted by atomic mass is 79.9. The lowest BCUT2D eigenvalue weighted by molar-refractivity contribution is 0.0770. The van der Waals surface area contributed by atoms with Crippen LogP contribution in [-0.2, 0) is 0 Å². The summed E-state index contributed by atoms with van der Waals surface area (Å²) in [5.41, 5.74) is 0.374. The van der Waals surface area contributed by atoms with Crippen molar-refractivity contribution in [2.45, 2.75) is 12.8 Å². The van der Waals surface area contributed by atoms with Crippen molar-refractivity contribution in [3.63, 3.8) is 0 Å². The molecule has 1 atom stereocenters. The van der Waals surface area contributed by atoms with Gasteiger partial charge in [0.2, 0.25) is 0 Å². The molecule has 0 aliphatic carbocycles. The number of benzene rings is 1. The second kappa shape index (κ2) is 6.00. The first kappa shape index (κ1) is 15.7. The van der Waals surface area contributed by atoms with Gasteiger partial charge >= 0.3 is 0 Å². The summed E-state index contributed by atoms with van der Waals surface area (Å²) in [5, 5.41) is 3.36. The Labute approximate surface area is 132 Å².